The van der Waals surface area contributed by atoms with Gasteiger partial charge in [0.15, 0.2) is 6.23 Å². The fourth-order valence-electron chi connectivity index (χ4n) is 2.80. The Morgan fingerprint density at radius 2 is 1.92 bits per heavy atom. The Balaban J connectivity index is 2.15. The highest BCUT2D eigenvalue weighted by atomic mass is 35.5. The highest BCUT2D eigenvalue weighted by Gasteiger charge is 2.44. The molecule has 4 N–H and O–H groups in total. The summed E-state index contributed by atoms with van der Waals surface area (Å²) >= 11 is 12.2. The number of aliphatic hydroxyl groups excluding tert-OH is 3. The standard InChI is InChI=1S/C15H19Cl2N3O4/c1-6(2)18-15-19-9-3-7(16)8(17)4-10(9)20(15)14-13(23)12(22)11(5-21)24-14/h3-4,6,11-14,21-23H,5H2,1-2H3,(H,18,19)/t11-,12+,13-,14+/m0/s1. The molecule has 1 fully saturated rings. The summed E-state index contributed by atoms with van der Waals surface area (Å²) in [7, 11) is 0. The van der Waals surface area contributed by atoms with Crippen LogP contribution < -0.4 is 5.32 Å². The molecule has 1 aromatic heterocycles. The summed E-state index contributed by atoms with van der Waals surface area (Å²) in [6.45, 7) is 3.49. The number of aromatic nitrogens is 2. The molecule has 0 aliphatic carbocycles. The van der Waals surface area contributed by atoms with E-state index in [0.29, 0.717) is 27.0 Å². The van der Waals surface area contributed by atoms with E-state index >= 15 is 0 Å². The number of ether oxygens (including phenoxy) is 1. The van der Waals surface area contributed by atoms with Gasteiger partial charge in [0.1, 0.15) is 18.3 Å². The molecule has 2 heterocycles. The Kier molecular flexibility index (Phi) is 4.92. The van der Waals surface area contributed by atoms with Crippen molar-refractivity contribution in [2.24, 2.45) is 0 Å². The number of aliphatic hydroxyl groups is 3. The summed E-state index contributed by atoms with van der Waals surface area (Å²) in [6.07, 6.45) is -4.22. The zero-order chi connectivity index (χ0) is 17.6. The number of rotatable bonds is 4. The summed E-state index contributed by atoms with van der Waals surface area (Å²) in [5.41, 5.74) is 1.17. The number of nitrogens with zero attached hydrogens (tertiary/aromatic N) is 2. The molecule has 0 amide bonds. The van der Waals surface area contributed by atoms with E-state index in [1.54, 1.807) is 16.7 Å². The third kappa shape index (κ3) is 2.96. The number of hydrogen-bond donors (Lipinski definition) is 4. The Morgan fingerprint density at radius 3 is 2.50 bits per heavy atom. The van der Waals surface area contributed by atoms with Crippen LogP contribution in [-0.4, -0.2) is 55.8 Å². The summed E-state index contributed by atoms with van der Waals surface area (Å²) < 4.78 is 7.26. The van der Waals surface area contributed by atoms with Gasteiger partial charge in [-0.3, -0.25) is 4.57 Å². The number of hydrogen-bond acceptors (Lipinski definition) is 6. The third-order valence-electron chi connectivity index (χ3n) is 3.92. The van der Waals surface area contributed by atoms with Gasteiger partial charge in [-0.1, -0.05) is 23.2 Å². The molecule has 7 nitrogen and oxygen atoms in total. The predicted molar refractivity (Wildman–Crippen MR) is 91.5 cm³/mol. The quantitative estimate of drug-likeness (QED) is 0.649. The lowest BCUT2D eigenvalue weighted by molar-refractivity contribution is -0.0499. The van der Waals surface area contributed by atoms with Gasteiger partial charge in [0.25, 0.3) is 0 Å². The average Bonchev–Trinajstić information content (AvgIpc) is 2.97. The molecule has 0 saturated carbocycles. The first-order chi connectivity index (χ1) is 11.3. The van der Waals surface area contributed by atoms with E-state index in [1.165, 1.54) is 0 Å². The summed E-state index contributed by atoms with van der Waals surface area (Å²) in [5.74, 6) is 0.452. The number of nitrogens with one attached hydrogen (secondary N) is 1. The van der Waals surface area contributed by atoms with E-state index in [2.05, 4.69) is 10.3 Å². The SMILES string of the molecule is CC(C)Nc1nc2cc(Cl)c(Cl)cc2n1[C@@H]1O[C@@H](CO)[C@@H](O)[C@@H]1O. The van der Waals surface area contributed by atoms with Crippen molar-refractivity contribution in [1.82, 2.24) is 9.55 Å². The van der Waals surface area contributed by atoms with Crippen LogP contribution >= 0.6 is 23.2 Å². The van der Waals surface area contributed by atoms with Crippen LogP contribution in [0.4, 0.5) is 5.95 Å². The first-order valence-corrected chi connectivity index (χ1v) is 8.35. The molecule has 0 bridgehead atoms. The predicted octanol–water partition coefficient (Wildman–Crippen LogP) is 1.77. The smallest absolute Gasteiger partial charge is 0.206 e. The van der Waals surface area contributed by atoms with Crippen LogP contribution in [-0.2, 0) is 4.74 Å². The van der Waals surface area contributed by atoms with Crippen molar-refractivity contribution < 1.29 is 20.1 Å². The molecule has 1 aliphatic rings. The minimum absolute atomic E-state index is 0.0728. The maximum atomic E-state index is 10.4. The van der Waals surface area contributed by atoms with Crippen molar-refractivity contribution >= 4 is 40.2 Å². The van der Waals surface area contributed by atoms with E-state index in [1.807, 2.05) is 13.8 Å². The number of imidazole rings is 1. The van der Waals surface area contributed by atoms with Crippen molar-refractivity contribution in [3.05, 3.63) is 22.2 Å². The van der Waals surface area contributed by atoms with Gasteiger partial charge in [-0.25, -0.2) is 4.98 Å². The van der Waals surface area contributed by atoms with Crippen LogP contribution in [0, 0.1) is 0 Å². The van der Waals surface area contributed by atoms with Crippen molar-refractivity contribution in [1.29, 1.82) is 0 Å². The molecular formula is C15H19Cl2N3O4. The zero-order valence-electron chi connectivity index (χ0n) is 13.1. The van der Waals surface area contributed by atoms with Gasteiger partial charge in [0, 0.05) is 6.04 Å². The summed E-state index contributed by atoms with van der Waals surface area (Å²) in [6, 6.07) is 3.33. The molecule has 2 aromatic rings. The van der Waals surface area contributed by atoms with Crippen LogP contribution in [0.3, 0.4) is 0 Å². The molecule has 9 heteroatoms. The van der Waals surface area contributed by atoms with Gasteiger partial charge in [0.2, 0.25) is 5.95 Å². The van der Waals surface area contributed by atoms with Gasteiger partial charge in [-0.15, -0.1) is 0 Å². The molecule has 0 spiro atoms. The lowest BCUT2D eigenvalue weighted by atomic mass is 10.1. The van der Waals surface area contributed by atoms with Crippen molar-refractivity contribution in [2.45, 2.75) is 44.4 Å². The first-order valence-electron chi connectivity index (χ1n) is 7.59. The minimum atomic E-state index is -1.22. The highest BCUT2D eigenvalue weighted by molar-refractivity contribution is 6.42. The minimum Gasteiger partial charge on any atom is -0.394 e. The fraction of sp³-hybridized carbons (Fsp3) is 0.533. The molecule has 132 valence electrons. The fourth-order valence-corrected chi connectivity index (χ4v) is 3.12. The number of anilines is 1. The Hall–Kier alpha value is -1.09. The second-order valence-corrected chi connectivity index (χ2v) is 6.90. The molecular weight excluding hydrogens is 357 g/mol. The van der Waals surface area contributed by atoms with E-state index < -0.39 is 31.1 Å². The van der Waals surface area contributed by atoms with Gasteiger partial charge < -0.3 is 25.4 Å². The normalized spacial score (nSPS) is 27.3. The second kappa shape index (κ2) is 6.67. The lowest BCUT2D eigenvalue weighted by Crippen LogP contribution is -2.33. The van der Waals surface area contributed by atoms with Crippen molar-refractivity contribution in [2.75, 3.05) is 11.9 Å². The van der Waals surface area contributed by atoms with Crippen LogP contribution in [0.1, 0.15) is 20.1 Å². The largest absolute Gasteiger partial charge is 0.394 e. The van der Waals surface area contributed by atoms with Gasteiger partial charge in [0.05, 0.1) is 27.7 Å². The van der Waals surface area contributed by atoms with E-state index in [-0.39, 0.29) is 6.04 Å². The first kappa shape index (κ1) is 17.7. The molecule has 0 radical (unpaired) electrons. The third-order valence-corrected chi connectivity index (χ3v) is 4.64. The topological polar surface area (TPSA) is 99.8 Å². The van der Waals surface area contributed by atoms with Crippen LogP contribution in [0.5, 0.6) is 0 Å². The monoisotopic (exact) mass is 375 g/mol. The van der Waals surface area contributed by atoms with Crippen molar-refractivity contribution in [3.63, 3.8) is 0 Å². The van der Waals surface area contributed by atoms with Crippen LogP contribution in [0.25, 0.3) is 11.0 Å². The molecule has 1 aromatic carbocycles. The summed E-state index contributed by atoms with van der Waals surface area (Å²) in [5, 5.41) is 33.6. The van der Waals surface area contributed by atoms with E-state index in [9.17, 15) is 15.3 Å². The maximum absolute atomic E-state index is 10.4. The molecule has 1 aliphatic heterocycles. The molecule has 4 atom stereocenters. The van der Waals surface area contributed by atoms with Gasteiger partial charge in [-0.2, -0.15) is 0 Å². The molecule has 1 saturated heterocycles. The lowest BCUT2D eigenvalue weighted by Gasteiger charge is -2.21. The average molecular weight is 376 g/mol. The number of benzene rings is 1. The van der Waals surface area contributed by atoms with E-state index in [4.69, 9.17) is 27.9 Å². The second-order valence-electron chi connectivity index (χ2n) is 6.09. The van der Waals surface area contributed by atoms with E-state index in [0.717, 1.165) is 0 Å². The Bertz CT molecular complexity index is 752. The van der Waals surface area contributed by atoms with Crippen LogP contribution in [0.2, 0.25) is 10.0 Å². The number of fused-ring (bicyclic) bond motifs is 1. The van der Waals surface area contributed by atoms with Gasteiger partial charge in [-0.05, 0) is 26.0 Å². The summed E-state index contributed by atoms with van der Waals surface area (Å²) in [4.78, 5) is 4.48. The van der Waals surface area contributed by atoms with Crippen molar-refractivity contribution in [3.8, 4) is 0 Å². The Labute approximate surface area is 148 Å². The molecule has 0 unspecified atom stereocenters. The molecule has 3 rings (SSSR count). The number of halogens is 2. The maximum Gasteiger partial charge on any atom is 0.206 e. The highest BCUT2D eigenvalue weighted by Crippen LogP contribution is 2.37. The Morgan fingerprint density at radius 1 is 1.25 bits per heavy atom. The van der Waals surface area contributed by atoms with Crippen LogP contribution in [0.15, 0.2) is 12.1 Å². The van der Waals surface area contributed by atoms with Gasteiger partial charge >= 0.3 is 0 Å². The zero-order valence-corrected chi connectivity index (χ0v) is 14.7. The molecule has 24 heavy (non-hydrogen) atoms.